The van der Waals surface area contributed by atoms with Crippen LogP contribution < -0.4 is 0 Å². The summed E-state index contributed by atoms with van der Waals surface area (Å²) in [5.74, 6) is 0.0585. The Labute approximate surface area is 199 Å². The number of halogens is 4. The molecule has 180 valence electrons. The van der Waals surface area contributed by atoms with Gasteiger partial charge >= 0.3 is 6.18 Å². The third-order valence-electron chi connectivity index (χ3n) is 5.38. The zero-order valence-electron chi connectivity index (χ0n) is 18.2. The average molecular weight is 494 g/mol. The molecule has 0 N–H and O–H groups in total. The minimum absolute atomic E-state index is 0.193. The number of oxazole rings is 1. The molecular formula is C24H23ClF3N3O3. The number of rotatable bonds is 7. The van der Waals surface area contributed by atoms with Crippen molar-refractivity contribution in [2.75, 3.05) is 26.3 Å². The van der Waals surface area contributed by atoms with Crippen LogP contribution in [0.1, 0.15) is 33.1 Å². The van der Waals surface area contributed by atoms with Crippen molar-refractivity contribution in [3.05, 3.63) is 88.1 Å². The van der Waals surface area contributed by atoms with Gasteiger partial charge in [0.2, 0.25) is 5.89 Å². The van der Waals surface area contributed by atoms with Crippen LogP contribution in [0.15, 0.2) is 59.2 Å². The Morgan fingerprint density at radius 1 is 1.03 bits per heavy atom. The molecular weight excluding hydrogens is 471 g/mol. The van der Waals surface area contributed by atoms with Crippen molar-refractivity contribution in [3.63, 3.8) is 0 Å². The number of carbonyl (C=O) groups is 1. The van der Waals surface area contributed by atoms with Crippen molar-refractivity contribution in [1.82, 2.24) is 14.8 Å². The van der Waals surface area contributed by atoms with E-state index in [1.165, 1.54) is 12.3 Å². The Hall–Kier alpha value is -2.88. The maximum Gasteiger partial charge on any atom is 0.416 e. The van der Waals surface area contributed by atoms with Crippen LogP contribution >= 0.6 is 11.6 Å². The minimum atomic E-state index is -4.43. The average Bonchev–Trinajstić information content (AvgIpc) is 3.27. The first kappa shape index (κ1) is 24.3. The highest BCUT2D eigenvalue weighted by Crippen LogP contribution is 2.30. The quantitative estimate of drug-likeness (QED) is 0.462. The fourth-order valence-corrected chi connectivity index (χ4v) is 3.98. The van der Waals surface area contributed by atoms with Crippen LogP contribution in [0.25, 0.3) is 0 Å². The molecule has 1 saturated heterocycles. The summed E-state index contributed by atoms with van der Waals surface area (Å²) in [5, 5.41) is 0.561. The van der Waals surface area contributed by atoms with Gasteiger partial charge in [-0.15, -0.1) is 0 Å². The van der Waals surface area contributed by atoms with Gasteiger partial charge in [-0.05, 0) is 29.3 Å². The Bertz CT molecular complexity index is 1130. The second-order valence-corrected chi connectivity index (χ2v) is 8.44. The van der Waals surface area contributed by atoms with Gasteiger partial charge in [-0.3, -0.25) is 9.69 Å². The maximum absolute atomic E-state index is 13.2. The standard InChI is InChI=1S/C24H23ClF3N3O3/c25-20-6-2-4-18(12-20)14-30(13-17-3-1-5-19(11-17)24(26,27)28)15-22-29-21(16-34-22)23(32)31-7-9-33-10-8-31/h1-6,11-12,16H,7-10,13-15H2. The molecule has 10 heteroatoms. The first-order chi connectivity index (χ1) is 16.3. The first-order valence-corrected chi connectivity index (χ1v) is 11.1. The molecule has 0 radical (unpaired) electrons. The van der Waals surface area contributed by atoms with Crippen molar-refractivity contribution in [3.8, 4) is 0 Å². The highest BCUT2D eigenvalue weighted by atomic mass is 35.5. The summed E-state index contributed by atoms with van der Waals surface area (Å²) in [6.45, 7) is 2.72. The molecule has 6 nitrogen and oxygen atoms in total. The summed E-state index contributed by atoms with van der Waals surface area (Å²) in [6, 6.07) is 12.4. The third-order valence-corrected chi connectivity index (χ3v) is 5.62. The van der Waals surface area contributed by atoms with Crippen LogP contribution in [0.3, 0.4) is 0 Å². The Morgan fingerprint density at radius 3 is 2.38 bits per heavy atom. The van der Waals surface area contributed by atoms with E-state index >= 15 is 0 Å². The lowest BCUT2D eigenvalue weighted by Gasteiger charge is -2.25. The number of hydrogen-bond donors (Lipinski definition) is 0. The van der Waals surface area contributed by atoms with Gasteiger partial charge in [-0.2, -0.15) is 13.2 Å². The summed E-state index contributed by atoms with van der Waals surface area (Å²) in [5.41, 5.74) is 0.865. The van der Waals surface area contributed by atoms with E-state index in [0.717, 1.165) is 17.7 Å². The second-order valence-electron chi connectivity index (χ2n) is 8.00. The van der Waals surface area contributed by atoms with Crippen LogP contribution in [0.4, 0.5) is 13.2 Å². The molecule has 1 amide bonds. The van der Waals surface area contributed by atoms with Gasteiger partial charge in [0.05, 0.1) is 25.3 Å². The molecule has 0 saturated carbocycles. The molecule has 34 heavy (non-hydrogen) atoms. The van der Waals surface area contributed by atoms with Crippen LogP contribution in [0.5, 0.6) is 0 Å². The Kier molecular flexibility index (Phi) is 7.55. The van der Waals surface area contributed by atoms with Crippen LogP contribution in [0, 0.1) is 0 Å². The number of ether oxygens (including phenoxy) is 1. The van der Waals surface area contributed by atoms with E-state index < -0.39 is 11.7 Å². The lowest BCUT2D eigenvalue weighted by Crippen LogP contribution is -2.40. The molecule has 2 heterocycles. The molecule has 1 aliphatic heterocycles. The van der Waals surface area contributed by atoms with Crippen LogP contribution in [0.2, 0.25) is 5.02 Å². The van der Waals surface area contributed by atoms with Crippen LogP contribution in [-0.2, 0) is 30.5 Å². The highest BCUT2D eigenvalue weighted by molar-refractivity contribution is 6.30. The molecule has 0 atom stereocenters. The van der Waals surface area contributed by atoms with Crippen molar-refractivity contribution < 1.29 is 27.1 Å². The molecule has 0 bridgehead atoms. The van der Waals surface area contributed by atoms with E-state index in [4.69, 9.17) is 20.8 Å². The van der Waals surface area contributed by atoms with E-state index in [2.05, 4.69) is 4.98 Å². The number of hydrogen-bond acceptors (Lipinski definition) is 5. The Balaban J connectivity index is 1.53. The molecule has 3 aromatic rings. The second kappa shape index (κ2) is 10.6. The summed E-state index contributed by atoms with van der Waals surface area (Å²) in [4.78, 5) is 20.5. The van der Waals surface area contributed by atoms with Crippen molar-refractivity contribution in [1.29, 1.82) is 0 Å². The largest absolute Gasteiger partial charge is 0.447 e. The van der Waals surface area contributed by atoms with E-state index in [1.807, 2.05) is 17.0 Å². The molecule has 0 unspecified atom stereocenters. The minimum Gasteiger partial charge on any atom is -0.447 e. The first-order valence-electron chi connectivity index (χ1n) is 10.7. The molecule has 1 fully saturated rings. The fourth-order valence-electron chi connectivity index (χ4n) is 3.77. The van der Waals surface area contributed by atoms with E-state index in [1.54, 1.807) is 23.1 Å². The lowest BCUT2D eigenvalue weighted by molar-refractivity contribution is -0.137. The van der Waals surface area contributed by atoms with Gasteiger partial charge in [-0.1, -0.05) is 41.9 Å². The predicted octanol–water partition coefficient (Wildman–Crippen LogP) is 5.02. The third kappa shape index (κ3) is 6.37. The molecule has 0 spiro atoms. The molecule has 1 aliphatic rings. The van der Waals surface area contributed by atoms with E-state index in [9.17, 15) is 18.0 Å². The lowest BCUT2D eigenvalue weighted by atomic mass is 10.1. The normalized spacial score (nSPS) is 14.6. The SMILES string of the molecule is O=C(c1coc(CN(Cc2cccc(Cl)c2)Cc2cccc(C(F)(F)F)c2)n1)N1CCOCC1. The topological polar surface area (TPSA) is 58.8 Å². The maximum atomic E-state index is 13.2. The van der Waals surface area contributed by atoms with Crippen molar-refractivity contribution in [2.24, 2.45) is 0 Å². The van der Waals surface area contributed by atoms with Crippen molar-refractivity contribution >= 4 is 17.5 Å². The van der Waals surface area contributed by atoms with Gasteiger partial charge < -0.3 is 14.1 Å². The smallest absolute Gasteiger partial charge is 0.416 e. The predicted molar refractivity (Wildman–Crippen MR) is 119 cm³/mol. The fraction of sp³-hybridized carbons (Fsp3) is 0.333. The van der Waals surface area contributed by atoms with Gasteiger partial charge in [0.15, 0.2) is 5.69 Å². The van der Waals surface area contributed by atoms with Gasteiger partial charge in [0.25, 0.3) is 5.91 Å². The summed E-state index contributed by atoms with van der Waals surface area (Å²) >= 11 is 6.11. The molecule has 0 aliphatic carbocycles. The molecule has 4 rings (SSSR count). The van der Waals surface area contributed by atoms with Crippen molar-refractivity contribution in [2.45, 2.75) is 25.8 Å². The highest BCUT2D eigenvalue weighted by Gasteiger charge is 2.30. The molecule has 2 aromatic carbocycles. The van der Waals surface area contributed by atoms with Gasteiger partial charge in [0, 0.05) is 31.2 Å². The number of amides is 1. The number of carbonyl (C=O) groups excluding carboxylic acids is 1. The number of nitrogens with zero attached hydrogens (tertiary/aromatic N) is 3. The number of alkyl halides is 3. The van der Waals surface area contributed by atoms with Crippen LogP contribution in [-0.4, -0.2) is 47.0 Å². The molecule has 1 aromatic heterocycles. The Morgan fingerprint density at radius 2 is 1.71 bits per heavy atom. The van der Waals surface area contributed by atoms with E-state index in [-0.39, 0.29) is 24.7 Å². The summed E-state index contributed by atoms with van der Waals surface area (Å²) in [6.07, 6.45) is -3.11. The van der Waals surface area contributed by atoms with E-state index in [0.29, 0.717) is 49.3 Å². The zero-order chi connectivity index (χ0) is 24.1. The number of benzene rings is 2. The summed E-state index contributed by atoms with van der Waals surface area (Å²) < 4.78 is 50.4. The zero-order valence-corrected chi connectivity index (χ0v) is 19.0. The van der Waals surface area contributed by atoms with Gasteiger partial charge in [-0.25, -0.2) is 4.98 Å². The number of morpholine rings is 1. The number of aromatic nitrogens is 1. The monoisotopic (exact) mass is 493 g/mol. The van der Waals surface area contributed by atoms with Gasteiger partial charge in [0.1, 0.15) is 6.26 Å². The summed E-state index contributed by atoms with van der Waals surface area (Å²) in [7, 11) is 0.